The number of aromatic nitrogens is 3. The Balaban J connectivity index is 1.77. The summed E-state index contributed by atoms with van der Waals surface area (Å²) in [5, 5.41) is 5.37. The minimum atomic E-state index is 0.154. The van der Waals surface area contributed by atoms with Crippen molar-refractivity contribution >= 4 is 29.2 Å². The van der Waals surface area contributed by atoms with Gasteiger partial charge < -0.3 is 16.0 Å². The maximum absolute atomic E-state index is 5.83. The molecule has 6 nitrogen and oxygen atoms in total. The van der Waals surface area contributed by atoms with Crippen LogP contribution in [-0.2, 0) is 0 Å². The monoisotopic (exact) mass is 304 g/mol. The zero-order valence-corrected chi connectivity index (χ0v) is 12.9. The third kappa shape index (κ3) is 3.41. The van der Waals surface area contributed by atoms with E-state index < -0.39 is 0 Å². The number of nitrogens with one attached hydrogen (secondary N) is 1. The second kappa shape index (κ2) is 6.26. The summed E-state index contributed by atoms with van der Waals surface area (Å²) in [6.07, 6.45) is 3.64. The van der Waals surface area contributed by atoms with E-state index in [1.807, 2.05) is 6.07 Å². The molecule has 112 valence electrons. The summed E-state index contributed by atoms with van der Waals surface area (Å²) in [7, 11) is 0. The van der Waals surface area contributed by atoms with Crippen molar-refractivity contribution in [3.8, 4) is 0 Å². The average molecular weight is 304 g/mol. The van der Waals surface area contributed by atoms with Gasteiger partial charge >= 0.3 is 0 Å². The molecule has 0 spiro atoms. The summed E-state index contributed by atoms with van der Waals surface area (Å²) in [4.78, 5) is 16.4. The van der Waals surface area contributed by atoms with Gasteiger partial charge in [0.1, 0.15) is 0 Å². The van der Waals surface area contributed by atoms with Gasteiger partial charge in [-0.15, -0.1) is 11.3 Å². The van der Waals surface area contributed by atoms with Crippen LogP contribution in [0, 0.1) is 0 Å². The van der Waals surface area contributed by atoms with Crippen molar-refractivity contribution in [3.63, 3.8) is 0 Å². The second-order valence-corrected chi connectivity index (χ2v) is 6.23. The Hall–Kier alpha value is -1.89. The molecule has 3 heterocycles. The van der Waals surface area contributed by atoms with Gasteiger partial charge in [-0.3, -0.25) is 0 Å². The molecule has 1 aliphatic heterocycles. The van der Waals surface area contributed by atoms with E-state index in [9.17, 15) is 0 Å². The SMILES string of the molecule is CC(Nc1nc(N)nc(N2CCCCC2)n1)c1cccs1. The Morgan fingerprint density at radius 2 is 2.05 bits per heavy atom. The molecule has 2 aromatic heterocycles. The Labute approximate surface area is 128 Å². The van der Waals surface area contributed by atoms with Gasteiger partial charge in [0.25, 0.3) is 0 Å². The van der Waals surface area contributed by atoms with Crippen LogP contribution in [0.2, 0.25) is 0 Å². The van der Waals surface area contributed by atoms with Crippen LogP contribution in [0.15, 0.2) is 17.5 Å². The van der Waals surface area contributed by atoms with E-state index >= 15 is 0 Å². The van der Waals surface area contributed by atoms with Gasteiger partial charge in [-0.1, -0.05) is 6.07 Å². The van der Waals surface area contributed by atoms with Crippen LogP contribution in [-0.4, -0.2) is 28.0 Å². The summed E-state index contributed by atoms with van der Waals surface area (Å²) in [5.41, 5.74) is 5.83. The first-order valence-corrected chi connectivity index (χ1v) is 8.17. The highest BCUT2D eigenvalue weighted by atomic mass is 32.1. The molecule has 21 heavy (non-hydrogen) atoms. The number of anilines is 3. The first-order valence-electron chi connectivity index (χ1n) is 7.29. The lowest BCUT2D eigenvalue weighted by atomic mass is 10.1. The summed E-state index contributed by atoms with van der Waals surface area (Å²) >= 11 is 1.71. The second-order valence-electron chi connectivity index (χ2n) is 5.25. The van der Waals surface area contributed by atoms with Gasteiger partial charge in [0.05, 0.1) is 6.04 Å². The molecule has 1 atom stereocenters. The van der Waals surface area contributed by atoms with Gasteiger partial charge in [-0.25, -0.2) is 0 Å². The molecule has 0 aliphatic carbocycles. The lowest BCUT2D eigenvalue weighted by molar-refractivity contribution is 0.568. The summed E-state index contributed by atoms with van der Waals surface area (Å²) in [5.74, 6) is 1.50. The largest absolute Gasteiger partial charge is 0.368 e. The number of piperidine rings is 1. The fourth-order valence-electron chi connectivity index (χ4n) is 2.48. The Morgan fingerprint density at radius 1 is 1.24 bits per heavy atom. The van der Waals surface area contributed by atoms with Gasteiger partial charge in [0.15, 0.2) is 0 Å². The Kier molecular flexibility index (Phi) is 4.19. The number of nitrogens with two attached hydrogens (primary N) is 1. The predicted molar refractivity (Wildman–Crippen MR) is 86.7 cm³/mol. The first-order chi connectivity index (χ1) is 10.2. The lowest BCUT2D eigenvalue weighted by Gasteiger charge is -2.27. The molecule has 0 amide bonds. The first kappa shape index (κ1) is 14.1. The fourth-order valence-corrected chi connectivity index (χ4v) is 3.22. The minimum Gasteiger partial charge on any atom is -0.368 e. The normalized spacial score (nSPS) is 16.7. The fraction of sp³-hybridized carbons (Fsp3) is 0.500. The molecule has 0 saturated carbocycles. The van der Waals surface area contributed by atoms with E-state index in [1.165, 1.54) is 24.1 Å². The van der Waals surface area contributed by atoms with E-state index in [4.69, 9.17) is 5.73 Å². The van der Waals surface area contributed by atoms with Crippen LogP contribution in [0.1, 0.15) is 37.1 Å². The number of rotatable bonds is 4. The zero-order chi connectivity index (χ0) is 14.7. The maximum atomic E-state index is 5.83. The third-order valence-corrected chi connectivity index (χ3v) is 4.65. The molecule has 0 aromatic carbocycles. The molecule has 0 bridgehead atoms. The standard InChI is InChI=1S/C14H20N6S/c1-10(11-6-5-9-21-11)16-13-17-12(15)18-14(19-13)20-7-3-2-4-8-20/h5-6,9-10H,2-4,7-8H2,1H3,(H3,15,16,17,18,19). The van der Waals surface area contributed by atoms with E-state index in [2.05, 4.69) is 43.5 Å². The van der Waals surface area contributed by atoms with Crippen LogP contribution in [0.3, 0.4) is 0 Å². The maximum Gasteiger partial charge on any atom is 0.231 e. The smallest absolute Gasteiger partial charge is 0.231 e. The van der Waals surface area contributed by atoms with E-state index in [1.54, 1.807) is 11.3 Å². The van der Waals surface area contributed by atoms with Crippen LogP contribution in [0.4, 0.5) is 17.8 Å². The highest BCUT2D eigenvalue weighted by Gasteiger charge is 2.16. The van der Waals surface area contributed by atoms with Crippen molar-refractivity contribution in [2.75, 3.05) is 29.0 Å². The Bertz CT molecular complexity index is 579. The summed E-state index contributed by atoms with van der Waals surface area (Å²) < 4.78 is 0. The topological polar surface area (TPSA) is 80.0 Å². The van der Waals surface area contributed by atoms with E-state index in [0.717, 1.165) is 13.1 Å². The number of nitrogen functional groups attached to an aromatic ring is 1. The molecule has 1 fully saturated rings. The third-order valence-electron chi connectivity index (χ3n) is 3.60. The van der Waals surface area contributed by atoms with Crippen LogP contribution >= 0.6 is 11.3 Å². The van der Waals surface area contributed by atoms with Crippen molar-refractivity contribution < 1.29 is 0 Å². The number of hydrogen-bond donors (Lipinski definition) is 2. The highest BCUT2D eigenvalue weighted by molar-refractivity contribution is 7.10. The predicted octanol–water partition coefficient (Wildman–Crippen LogP) is 2.68. The van der Waals surface area contributed by atoms with Crippen molar-refractivity contribution in [2.24, 2.45) is 0 Å². The van der Waals surface area contributed by atoms with Gasteiger partial charge in [0, 0.05) is 18.0 Å². The summed E-state index contributed by atoms with van der Waals surface area (Å²) in [6.45, 7) is 4.07. The number of thiophene rings is 1. The van der Waals surface area contributed by atoms with Crippen LogP contribution in [0.25, 0.3) is 0 Å². The molecule has 3 rings (SSSR count). The molecule has 2 aromatic rings. The van der Waals surface area contributed by atoms with Gasteiger partial charge in [-0.05, 0) is 37.6 Å². The van der Waals surface area contributed by atoms with E-state index in [-0.39, 0.29) is 12.0 Å². The Morgan fingerprint density at radius 3 is 2.76 bits per heavy atom. The van der Waals surface area contributed by atoms with E-state index in [0.29, 0.717) is 11.9 Å². The van der Waals surface area contributed by atoms with Crippen molar-refractivity contribution in [1.29, 1.82) is 0 Å². The van der Waals surface area contributed by atoms with Crippen LogP contribution < -0.4 is 16.0 Å². The molecular weight excluding hydrogens is 284 g/mol. The molecule has 0 radical (unpaired) electrons. The average Bonchev–Trinajstić information content (AvgIpc) is 3.02. The molecule has 3 N–H and O–H groups in total. The molecule has 1 unspecified atom stereocenters. The number of nitrogens with zero attached hydrogens (tertiary/aromatic N) is 4. The summed E-state index contributed by atoms with van der Waals surface area (Å²) in [6, 6.07) is 4.29. The zero-order valence-electron chi connectivity index (χ0n) is 12.1. The van der Waals surface area contributed by atoms with Crippen molar-refractivity contribution in [2.45, 2.75) is 32.2 Å². The number of hydrogen-bond acceptors (Lipinski definition) is 7. The van der Waals surface area contributed by atoms with Crippen molar-refractivity contribution in [1.82, 2.24) is 15.0 Å². The minimum absolute atomic E-state index is 0.154. The van der Waals surface area contributed by atoms with Crippen molar-refractivity contribution in [3.05, 3.63) is 22.4 Å². The van der Waals surface area contributed by atoms with Gasteiger partial charge in [-0.2, -0.15) is 15.0 Å². The molecule has 1 saturated heterocycles. The lowest BCUT2D eigenvalue weighted by Crippen LogP contribution is -2.31. The van der Waals surface area contributed by atoms with Crippen LogP contribution in [0.5, 0.6) is 0 Å². The highest BCUT2D eigenvalue weighted by Crippen LogP contribution is 2.23. The molecular formula is C14H20N6S. The molecule has 1 aliphatic rings. The molecule has 7 heteroatoms. The quantitative estimate of drug-likeness (QED) is 0.904. The van der Waals surface area contributed by atoms with Gasteiger partial charge in [0.2, 0.25) is 17.8 Å².